The fraction of sp³-hybridized carbons (Fsp3) is 0.333. The topological polar surface area (TPSA) is 70.7 Å². The summed E-state index contributed by atoms with van der Waals surface area (Å²) in [5.74, 6) is -0.0208. The van der Waals surface area contributed by atoms with Gasteiger partial charge in [0.25, 0.3) is 11.8 Å². The van der Waals surface area contributed by atoms with E-state index in [1.807, 2.05) is 32.0 Å². The van der Waals surface area contributed by atoms with Gasteiger partial charge in [0.05, 0.1) is 16.1 Å². The van der Waals surface area contributed by atoms with Gasteiger partial charge in [-0.1, -0.05) is 30.7 Å². The van der Waals surface area contributed by atoms with Gasteiger partial charge < -0.3 is 20.3 Å². The first-order chi connectivity index (χ1) is 13.4. The predicted molar refractivity (Wildman–Crippen MR) is 113 cm³/mol. The highest BCUT2D eigenvalue weighted by Crippen LogP contribution is 2.23. The molecule has 0 saturated carbocycles. The van der Waals surface area contributed by atoms with Crippen LogP contribution in [0.3, 0.4) is 0 Å². The molecule has 0 unspecified atom stereocenters. The van der Waals surface area contributed by atoms with E-state index < -0.39 is 0 Å². The van der Waals surface area contributed by atoms with Crippen LogP contribution in [0.25, 0.3) is 0 Å². The van der Waals surface area contributed by atoms with Gasteiger partial charge in [-0.15, -0.1) is 0 Å². The maximum absolute atomic E-state index is 12.7. The number of hydrogen-bond donors (Lipinski definition) is 2. The number of benzene rings is 2. The molecule has 2 rings (SSSR count). The molecule has 0 spiro atoms. The Bertz CT molecular complexity index is 824. The molecule has 0 aromatic heterocycles. The molecule has 0 atom stereocenters. The minimum atomic E-state index is -0.306. The third kappa shape index (κ3) is 6.25. The van der Waals surface area contributed by atoms with E-state index in [1.165, 1.54) is 0 Å². The lowest BCUT2D eigenvalue weighted by Gasteiger charge is -2.14. The Morgan fingerprint density at radius 3 is 2.50 bits per heavy atom. The number of carbonyl (C=O) groups excluding carboxylic acids is 2. The molecule has 0 radical (unpaired) electrons. The van der Waals surface area contributed by atoms with Crippen molar-refractivity contribution in [2.75, 3.05) is 39.1 Å². The minimum Gasteiger partial charge on any atom is -0.491 e. The molecular weight excluding hydrogens is 378 g/mol. The van der Waals surface area contributed by atoms with Gasteiger partial charge >= 0.3 is 0 Å². The number of hydrogen-bond acceptors (Lipinski definition) is 4. The van der Waals surface area contributed by atoms with E-state index in [2.05, 4.69) is 10.6 Å². The van der Waals surface area contributed by atoms with Crippen LogP contribution in [0, 0.1) is 0 Å². The van der Waals surface area contributed by atoms with Crippen molar-refractivity contribution in [1.29, 1.82) is 0 Å². The highest BCUT2D eigenvalue weighted by atomic mass is 35.5. The number of para-hydroxylation sites is 1. The van der Waals surface area contributed by atoms with Crippen LogP contribution in [0.1, 0.15) is 34.1 Å². The first kappa shape index (κ1) is 21.7. The monoisotopic (exact) mass is 403 g/mol. The summed E-state index contributed by atoms with van der Waals surface area (Å²) in [5.41, 5.74) is 1.31. The first-order valence-corrected chi connectivity index (χ1v) is 9.55. The lowest BCUT2D eigenvalue weighted by Crippen LogP contribution is -2.24. The van der Waals surface area contributed by atoms with Crippen molar-refractivity contribution in [3.63, 3.8) is 0 Å². The number of amides is 2. The summed E-state index contributed by atoms with van der Waals surface area (Å²) in [7, 11) is 3.91. The molecule has 0 saturated heterocycles. The Morgan fingerprint density at radius 2 is 1.82 bits per heavy atom. The number of ether oxygens (including phenoxy) is 1. The van der Waals surface area contributed by atoms with E-state index in [9.17, 15) is 9.59 Å². The van der Waals surface area contributed by atoms with Gasteiger partial charge in [-0.3, -0.25) is 9.59 Å². The van der Waals surface area contributed by atoms with Crippen molar-refractivity contribution in [1.82, 2.24) is 10.2 Å². The highest BCUT2D eigenvalue weighted by Gasteiger charge is 2.15. The Hall–Kier alpha value is -2.57. The predicted octanol–water partition coefficient (Wildman–Crippen LogP) is 3.67. The second-order valence-corrected chi connectivity index (χ2v) is 6.96. The maximum Gasteiger partial charge on any atom is 0.259 e. The third-order valence-corrected chi connectivity index (χ3v) is 4.25. The van der Waals surface area contributed by atoms with E-state index in [4.69, 9.17) is 16.3 Å². The Kier molecular flexibility index (Phi) is 8.29. The van der Waals surface area contributed by atoms with Crippen LogP contribution < -0.4 is 15.4 Å². The fourth-order valence-electron chi connectivity index (χ4n) is 2.43. The second-order valence-electron chi connectivity index (χ2n) is 6.55. The second kappa shape index (κ2) is 10.7. The van der Waals surface area contributed by atoms with Crippen LogP contribution in [0.2, 0.25) is 5.02 Å². The summed E-state index contributed by atoms with van der Waals surface area (Å²) < 4.78 is 5.74. The standard InChI is InChI=1S/C21H26ClN3O3/c1-4-11-23-20(26)16-10-9-15(14-18(16)22)24-21(27)17-7-5-6-8-19(17)28-13-12-25(2)3/h5-10,14H,4,11-13H2,1-3H3,(H,23,26)(H,24,27). The molecule has 7 heteroatoms. The highest BCUT2D eigenvalue weighted by molar-refractivity contribution is 6.34. The minimum absolute atomic E-state index is 0.232. The Morgan fingerprint density at radius 1 is 1.07 bits per heavy atom. The van der Waals surface area contributed by atoms with Gasteiger partial charge in [0.2, 0.25) is 0 Å². The van der Waals surface area contributed by atoms with Crippen molar-refractivity contribution >= 4 is 29.1 Å². The van der Waals surface area contributed by atoms with Crippen molar-refractivity contribution in [3.05, 3.63) is 58.6 Å². The molecular formula is C21H26ClN3O3. The third-order valence-electron chi connectivity index (χ3n) is 3.93. The van der Waals surface area contributed by atoms with Gasteiger partial charge in [-0.2, -0.15) is 0 Å². The summed E-state index contributed by atoms with van der Waals surface area (Å²) in [6.07, 6.45) is 0.841. The zero-order chi connectivity index (χ0) is 20.5. The number of nitrogens with one attached hydrogen (secondary N) is 2. The van der Waals surface area contributed by atoms with Crippen molar-refractivity contribution in [3.8, 4) is 5.75 Å². The molecule has 2 aromatic carbocycles. The number of halogens is 1. The lowest BCUT2D eigenvalue weighted by atomic mass is 10.1. The summed E-state index contributed by atoms with van der Waals surface area (Å²) in [6, 6.07) is 11.9. The number of carbonyl (C=O) groups is 2. The van der Waals surface area contributed by atoms with Crippen LogP contribution in [0.15, 0.2) is 42.5 Å². The SMILES string of the molecule is CCCNC(=O)c1ccc(NC(=O)c2ccccc2OCCN(C)C)cc1Cl. The molecule has 0 aliphatic rings. The smallest absolute Gasteiger partial charge is 0.259 e. The number of anilines is 1. The number of likely N-dealkylation sites (N-methyl/N-ethyl adjacent to an activating group) is 1. The van der Waals surface area contributed by atoms with Crippen LogP contribution in [0.4, 0.5) is 5.69 Å². The van der Waals surface area contributed by atoms with Gasteiger partial charge in [-0.25, -0.2) is 0 Å². The van der Waals surface area contributed by atoms with Crippen LogP contribution in [-0.2, 0) is 0 Å². The molecule has 2 N–H and O–H groups in total. The number of rotatable bonds is 9. The average Bonchev–Trinajstić information content (AvgIpc) is 2.66. The Balaban J connectivity index is 2.09. The van der Waals surface area contributed by atoms with Crippen molar-refractivity contribution in [2.24, 2.45) is 0 Å². The Labute approximate surface area is 170 Å². The van der Waals surface area contributed by atoms with Gasteiger partial charge in [0, 0.05) is 18.8 Å². The molecule has 2 amide bonds. The van der Waals surface area contributed by atoms with Gasteiger partial charge in [0.1, 0.15) is 12.4 Å². The molecule has 0 fully saturated rings. The molecule has 0 heterocycles. The molecule has 0 bridgehead atoms. The quantitative estimate of drug-likeness (QED) is 0.670. The largest absolute Gasteiger partial charge is 0.491 e. The van der Waals surface area contributed by atoms with Gasteiger partial charge in [-0.05, 0) is 50.8 Å². The van der Waals surface area contributed by atoms with E-state index in [1.54, 1.807) is 36.4 Å². The average molecular weight is 404 g/mol. The normalized spacial score (nSPS) is 10.6. The first-order valence-electron chi connectivity index (χ1n) is 9.18. The van der Waals surface area contributed by atoms with Gasteiger partial charge in [0.15, 0.2) is 0 Å². The van der Waals surface area contributed by atoms with Crippen LogP contribution in [0.5, 0.6) is 5.75 Å². The van der Waals surface area contributed by atoms with E-state index >= 15 is 0 Å². The summed E-state index contributed by atoms with van der Waals surface area (Å²) in [4.78, 5) is 26.8. The zero-order valence-electron chi connectivity index (χ0n) is 16.4. The van der Waals surface area contributed by atoms with Crippen LogP contribution >= 0.6 is 11.6 Å². The van der Waals surface area contributed by atoms with Crippen LogP contribution in [-0.4, -0.2) is 50.5 Å². The van der Waals surface area contributed by atoms with E-state index in [-0.39, 0.29) is 16.8 Å². The summed E-state index contributed by atoms with van der Waals surface area (Å²) in [6.45, 7) is 3.78. The molecule has 2 aromatic rings. The molecule has 6 nitrogen and oxygen atoms in total. The maximum atomic E-state index is 12.7. The summed E-state index contributed by atoms with van der Waals surface area (Å²) in [5, 5.41) is 5.86. The summed E-state index contributed by atoms with van der Waals surface area (Å²) >= 11 is 6.22. The zero-order valence-corrected chi connectivity index (χ0v) is 17.2. The number of nitrogens with zero attached hydrogens (tertiary/aromatic N) is 1. The fourth-order valence-corrected chi connectivity index (χ4v) is 2.69. The molecule has 150 valence electrons. The molecule has 28 heavy (non-hydrogen) atoms. The van der Waals surface area contributed by atoms with E-state index in [0.29, 0.717) is 35.7 Å². The molecule has 0 aliphatic carbocycles. The van der Waals surface area contributed by atoms with E-state index in [0.717, 1.165) is 13.0 Å². The van der Waals surface area contributed by atoms with Crippen molar-refractivity contribution in [2.45, 2.75) is 13.3 Å². The van der Waals surface area contributed by atoms with Crippen molar-refractivity contribution < 1.29 is 14.3 Å². The molecule has 0 aliphatic heterocycles. The lowest BCUT2D eigenvalue weighted by molar-refractivity contribution is 0.0953.